The first-order valence-corrected chi connectivity index (χ1v) is 5.00. The minimum absolute atomic E-state index is 0.174. The molecule has 0 unspecified atom stereocenters. The molecule has 80 valence electrons. The molecular weight excluding hydrogens is 192 g/mol. The lowest BCUT2D eigenvalue weighted by atomic mass is 9.85. The Morgan fingerprint density at radius 2 is 2.00 bits per heavy atom. The fourth-order valence-electron chi connectivity index (χ4n) is 1.90. The summed E-state index contributed by atoms with van der Waals surface area (Å²) in [5.74, 6) is -0.0611. The van der Waals surface area contributed by atoms with Crippen LogP contribution in [0.3, 0.4) is 0 Å². The predicted molar refractivity (Wildman–Crippen MR) is 56.6 cm³/mol. The molecule has 1 aromatic rings. The molecule has 0 saturated carbocycles. The lowest BCUT2D eigenvalue weighted by Crippen LogP contribution is -2.33. The first-order valence-electron chi connectivity index (χ1n) is 5.00. The number of aromatic hydroxyl groups is 1. The van der Waals surface area contributed by atoms with Crippen molar-refractivity contribution in [2.75, 3.05) is 0 Å². The molecule has 0 bridgehead atoms. The maximum absolute atomic E-state index is 9.80. The Kier molecular flexibility index (Phi) is 2.75. The van der Waals surface area contributed by atoms with Crippen LogP contribution in [0.5, 0.6) is 5.75 Å². The number of benzene rings is 1. The van der Waals surface area contributed by atoms with Gasteiger partial charge in [0.15, 0.2) is 0 Å². The molecule has 0 aliphatic heterocycles. The van der Waals surface area contributed by atoms with Gasteiger partial charge in [-0.25, -0.2) is 0 Å². The van der Waals surface area contributed by atoms with E-state index in [1.54, 1.807) is 18.2 Å². The van der Waals surface area contributed by atoms with Crippen LogP contribution in [0.25, 0.3) is 0 Å². The smallest absolute Gasteiger partial charge is 0.115 e. The van der Waals surface area contributed by atoms with E-state index in [-0.39, 0.29) is 11.7 Å². The first-order chi connectivity index (χ1) is 7.18. The van der Waals surface area contributed by atoms with E-state index < -0.39 is 12.2 Å². The molecule has 3 nitrogen and oxygen atoms in total. The lowest BCUT2D eigenvalue weighted by molar-refractivity contribution is 0.00818. The molecule has 1 aromatic carbocycles. The molecule has 1 aliphatic rings. The second-order valence-electron chi connectivity index (χ2n) is 3.84. The quantitative estimate of drug-likeness (QED) is 0.604. The van der Waals surface area contributed by atoms with Crippen molar-refractivity contribution in [1.29, 1.82) is 0 Å². The molecule has 3 atom stereocenters. The molecule has 1 aliphatic carbocycles. The Morgan fingerprint density at radius 1 is 1.20 bits per heavy atom. The van der Waals surface area contributed by atoms with Crippen molar-refractivity contribution in [3.63, 3.8) is 0 Å². The van der Waals surface area contributed by atoms with Gasteiger partial charge >= 0.3 is 0 Å². The zero-order valence-corrected chi connectivity index (χ0v) is 8.24. The SMILES string of the molecule is Oc1cccc([C@@H]2C=CC[C@@H](O)[C@H]2O)c1. The molecular formula is C12H14O3. The van der Waals surface area contributed by atoms with Crippen molar-refractivity contribution in [2.24, 2.45) is 0 Å². The van der Waals surface area contributed by atoms with Gasteiger partial charge in [0.05, 0.1) is 12.2 Å². The normalized spacial score (nSPS) is 30.4. The topological polar surface area (TPSA) is 60.7 Å². The number of hydrogen-bond donors (Lipinski definition) is 3. The summed E-state index contributed by atoms with van der Waals surface area (Å²) in [6.07, 6.45) is 2.69. The van der Waals surface area contributed by atoms with Crippen molar-refractivity contribution in [1.82, 2.24) is 0 Å². The maximum Gasteiger partial charge on any atom is 0.115 e. The number of rotatable bonds is 1. The molecule has 0 heterocycles. The van der Waals surface area contributed by atoms with Gasteiger partial charge in [0.25, 0.3) is 0 Å². The average Bonchev–Trinajstić information content (AvgIpc) is 2.22. The van der Waals surface area contributed by atoms with Gasteiger partial charge in [-0.3, -0.25) is 0 Å². The molecule has 3 heteroatoms. The molecule has 3 N–H and O–H groups in total. The number of aliphatic hydroxyl groups excluding tert-OH is 2. The van der Waals surface area contributed by atoms with Crippen LogP contribution in [0, 0.1) is 0 Å². The number of hydrogen-bond acceptors (Lipinski definition) is 3. The van der Waals surface area contributed by atoms with Crippen molar-refractivity contribution in [3.05, 3.63) is 42.0 Å². The largest absolute Gasteiger partial charge is 0.508 e. The van der Waals surface area contributed by atoms with Crippen LogP contribution in [0.15, 0.2) is 36.4 Å². The third-order valence-corrected chi connectivity index (χ3v) is 2.74. The van der Waals surface area contributed by atoms with Crippen molar-refractivity contribution < 1.29 is 15.3 Å². The Balaban J connectivity index is 2.30. The number of aliphatic hydroxyl groups is 2. The fourth-order valence-corrected chi connectivity index (χ4v) is 1.90. The van der Waals surface area contributed by atoms with Crippen LogP contribution in [0.2, 0.25) is 0 Å². The molecule has 0 spiro atoms. The first kappa shape index (κ1) is 10.2. The second-order valence-corrected chi connectivity index (χ2v) is 3.84. The van der Waals surface area contributed by atoms with Crippen molar-refractivity contribution in [3.8, 4) is 5.75 Å². The molecule has 0 radical (unpaired) electrons. The monoisotopic (exact) mass is 206 g/mol. The Bertz CT molecular complexity index is 373. The van der Waals surface area contributed by atoms with E-state index in [9.17, 15) is 15.3 Å². The highest BCUT2D eigenvalue weighted by Gasteiger charge is 2.28. The van der Waals surface area contributed by atoms with Gasteiger partial charge in [-0.1, -0.05) is 24.3 Å². The van der Waals surface area contributed by atoms with Crippen molar-refractivity contribution >= 4 is 0 Å². The van der Waals surface area contributed by atoms with E-state index >= 15 is 0 Å². The predicted octanol–water partition coefficient (Wildman–Crippen LogP) is 1.16. The highest BCUT2D eigenvalue weighted by Crippen LogP contribution is 2.29. The number of phenols is 1. The van der Waals surface area contributed by atoms with Gasteiger partial charge in [-0.05, 0) is 24.1 Å². The van der Waals surface area contributed by atoms with E-state index in [2.05, 4.69) is 0 Å². The summed E-state index contributed by atoms with van der Waals surface area (Å²) in [4.78, 5) is 0. The van der Waals surface area contributed by atoms with E-state index in [1.807, 2.05) is 18.2 Å². The van der Waals surface area contributed by atoms with E-state index in [1.165, 1.54) is 0 Å². The van der Waals surface area contributed by atoms with Gasteiger partial charge in [0.1, 0.15) is 5.75 Å². The van der Waals surface area contributed by atoms with Gasteiger partial charge in [0.2, 0.25) is 0 Å². The summed E-state index contributed by atoms with van der Waals surface area (Å²) in [5.41, 5.74) is 0.817. The van der Waals surface area contributed by atoms with Crippen LogP contribution in [-0.4, -0.2) is 27.5 Å². The summed E-state index contributed by atoms with van der Waals surface area (Å²) >= 11 is 0. The highest BCUT2D eigenvalue weighted by molar-refractivity contribution is 5.33. The second kappa shape index (κ2) is 4.04. The molecule has 0 saturated heterocycles. The molecule has 0 aromatic heterocycles. The molecule has 2 rings (SSSR count). The summed E-state index contributed by atoms with van der Waals surface area (Å²) in [7, 11) is 0. The Labute approximate surface area is 88.3 Å². The summed E-state index contributed by atoms with van der Waals surface area (Å²) in [5, 5.41) is 28.6. The van der Waals surface area contributed by atoms with Crippen LogP contribution in [-0.2, 0) is 0 Å². The van der Waals surface area contributed by atoms with Gasteiger partial charge in [-0.2, -0.15) is 0 Å². The lowest BCUT2D eigenvalue weighted by Gasteiger charge is -2.27. The van der Waals surface area contributed by atoms with Gasteiger partial charge in [-0.15, -0.1) is 0 Å². The van der Waals surface area contributed by atoms with E-state index in [0.29, 0.717) is 6.42 Å². The van der Waals surface area contributed by atoms with Crippen LogP contribution in [0.1, 0.15) is 17.9 Å². The zero-order valence-electron chi connectivity index (χ0n) is 8.24. The third kappa shape index (κ3) is 2.03. The Hall–Kier alpha value is -1.32. The van der Waals surface area contributed by atoms with E-state index in [4.69, 9.17) is 0 Å². The van der Waals surface area contributed by atoms with Crippen LogP contribution in [0.4, 0.5) is 0 Å². The van der Waals surface area contributed by atoms with Crippen molar-refractivity contribution in [2.45, 2.75) is 24.5 Å². The molecule has 15 heavy (non-hydrogen) atoms. The van der Waals surface area contributed by atoms with Gasteiger partial charge < -0.3 is 15.3 Å². The average molecular weight is 206 g/mol. The minimum Gasteiger partial charge on any atom is -0.508 e. The molecule has 0 amide bonds. The van der Waals surface area contributed by atoms with Crippen LogP contribution >= 0.6 is 0 Å². The van der Waals surface area contributed by atoms with E-state index in [0.717, 1.165) is 5.56 Å². The minimum atomic E-state index is -0.795. The summed E-state index contributed by atoms with van der Waals surface area (Å²) < 4.78 is 0. The standard InChI is InChI=1S/C12H14O3/c13-9-4-1-3-8(7-9)10-5-2-6-11(14)12(10)15/h1-5,7,10-15H,6H2/t10-,11+,12-/m0/s1. The maximum atomic E-state index is 9.80. The summed E-state index contributed by atoms with van der Waals surface area (Å²) in [6.45, 7) is 0. The Morgan fingerprint density at radius 3 is 2.73 bits per heavy atom. The fraction of sp³-hybridized carbons (Fsp3) is 0.333. The van der Waals surface area contributed by atoms with Gasteiger partial charge in [0, 0.05) is 5.92 Å². The summed E-state index contributed by atoms with van der Waals surface area (Å²) in [6, 6.07) is 6.75. The highest BCUT2D eigenvalue weighted by atomic mass is 16.3. The number of phenolic OH excluding ortho intramolecular Hbond substituents is 1. The molecule has 0 fully saturated rings. The zero-order chi connectivity index (χ0) is 10.8. The van der Waals surface area contributed by atoms with Crippen LogP contribution < -0.4 is 0 Å². The third-order valence-electron chi connectivity index (χ3n) is 2.74.